The van der Waals surface area contributed by atoms with Gasteiger partial charge in [0.2, 0.25) is 5.91 Å². The summed E-state index contributed by atoms with van der Waals surface area (Å²) < 4.78 is 10.4. The number of nitrogens with one attached hydrogen (secondary N) is 2. The lowest BCUT2D eigenvalue weighted by molar-refractivity contribution is -0.120. The van der Waals surface area contributed by atoms with Gasteiger partial charge in [0.05, 0.1) is 32.0 Å². The van der Waals surface area contributed by atoms with Crippen molar-refractivity contribution in [2.45, 2.75) is 39.4 Å². The summed E-state index contributed by atoms with van der Waals surface area (Å²) >= 11 is 0. The molecule has 120 valence electrons. The number of amides is 1. The van der Waals surface area contributed by atoms with Gasteiger partial charge in [0, 0.05) is 20.2 Å². The number of hydrogen-bond acceptors (Lipinski definition) is 5. The summed E-state index contributed by atoms with van der Waals surface area (Å²) in [6, 6.07) is 0. The third kappa shape index (κ3) is 12.3. The molecule has 3 N–H and O–H groups in total. The number of aliphatic hydroxyl groups is 1. The maximum absolute atomic E-state index is 11.3. The molecule has 0 spiro atoms. The van der Waals surface area contributed by atoms with Gasteiger partial charge in [0.1, 0.15) is 0 Å². The molecule has 0 aliphatic heterocycles. The summed E-state index contributed by atoms with van der Waals surface area (Å²) in [4.78, 5) is 11.3. The van der Waals surface area contributed by atoms with Crippen molar-refractivity contribution in [2.75, 3.05) is 40.0 Å². The number of ether oxygens (including phenoxy) is 2. The highest BCUT2D eigenvalue weighted by Gasteiger charge is 2.10. The Morgan fingerprint density at radius 3 is 2.60 bits per heavy atom. The second-order valence-electron chi connectivity index (χ2n) is 5.40. The van der Waals surface area contributed by atoms with Crippen molar-refractivity contribution < 1.29 is 19.4 Å². The minimum Gasteiger partial charge on any atom is -0.389 e. The van der Waals surface area contributed by atoms with E-state index in [1.165, 1.54) is 0 Å². The Kier molecular flexibility index (Phi) is 11.7. The largest absolute Gasteiger partial charge is 0.389 e. The number of aliphatic hydroxyl groups excluding tert-OH is 1. The first kappa shape index (κ1) is 19.3. The molecule has 0 aliphatic carbocycles. The van der Waals surface area contributed by atoms with Crippen molar-refractivity contribution in [3.05, 3.63) is 0 Å². The van der Waals surface area contributed by atoms with Gasteiger partial charge in [-0.3, -0.25) is 4.79 Å². The Morgan fingerprint density at radius 2 is 2.00 bits per heavy atom. The fraction of sp³-hybridized carbons (Fsp3) is 0.929. The second-order valence-corrected chi connectivity index (χ2v) is 5.40. The Hall–Kier alpha value is -0.690. The summed E-state index contributed by atoms with van der Waals surface area (Å²) in [6.07, 6.45) is 0.514. The van der Waals surface area contributed by atoms with Crippen LogP contribution < -0.4 is 10.6 Å². The molecule has 0 saturated carbocycles. The van der Waals surface area contributed by atoms with E-state index in [-0.39, 0.29) is 25.2 Å². The van der Waals surface area contributed by atoms with Crippen molar-refractivity contribution in [3.63, 3.8) is 0 Å². The molecule has 0 heterocycles. The summed E-state index contributed by atoms with van der Waals surface area (Å²) in [5, 5.41) is 15.3. The van der Waals surface area contributed by atoms with E-state index in [2.05, 4.69) is 24.5 Å². The zero-order chi connectivity index (χ0) is 15.4. The van der Waals surface area contributed by atoms with E-state index in [0.29, 0.717) is 25.6 Å². The summed E-state index contributed by atoms with van der Waals surface area (Å²) in [7, 11) is 1.58. The van der Waals surface area contributed by atoms with Crippen LogP contribution in [0, 0.1) is 5.92 Å². The van der Waals surface area contributed by atoms with Gasteiger partial charge in [-0.15, -0.1) is 0 Å². The monoisotopic (exact) mass is 290 g/mol. The maximum atomic E-state index is 11.3. The predicted octanol–water partition coefficient (Wildman–Crippen LogP) is 0.151. The standard InChI is InChI=1S/C14H30N2O4/c1-11(2)7-12(3)20-10-13(17)8-15-9-14(18)16-5-6-19-4/h11-13,15,17H,5-10H2,1-4H3,(H,16,18). The zero-order valence-electron chi connectivity index (χ0n) is 13.1. The molecule has 0 bridgehead atoms. The van der Waals surface area contributed by atoms with Crippen molar-refractivity contribution >= 4 is 5.91 Å². The van der Waals surface area contributed by atoms with Crippen LogP contribution >= 0.6 is 0 Å². The topological polar surface area (TPSA) is 79.8 Å². The normalized spacial score (nSPS) is 14.3. The number of methoxy groups -OCH3 is 1. The lowest BCUT2D eigenvalue weighted by Crippen LogP contribution is -2.39. The number of hydrogen-bond donors (Lipinski definition) is 3. The fourth-order valence-corrected chi connectivity index (χ4v) is 1.77. The lowest BCUT2D eigenvalue weighted by atomic mass is 10.1. The molecule has 0 radical (unpaired) electrons. The van der Waals surface area contributed by atoms with Crippen molar-refractivity contribution in [2.24, 2.45) is 5.92 Å². The quantitative estimate of drug-likeness (QED) is 0.446. The lowest BCUT2D eigenvalue weighted by Gasteiger charge is -2.18. The van der Waals surface area contributed by atoms with E-state index in [1.807, 2.05) is 6.92 Å². The van der Waals surface area contributed by atoms with Crippen LogP contribution in [0.3, 0.4) is 0 Å². The molecule has 0 fully saturated rings. The molecular formula is C14H30N2O4. The first-order valence-electron chi connectivity index (χ1n) is 7.21. The molecule has 0 aliphatic rings. The Labute approximate surface area is 122 Å². The molecule has 20 heavy (non-hydrogen) atoms. The van der Waals surface area contributed by atoms with Gasteiger partial charge in [-0.2, -0.15) is 0 Å². The SMILES string of the molecule is COCCNC(=O)CNCC(O)COC(C)CC(C)C. The van der Waals surface area contributed by atoms with Gasteiger partial charge in [-0.1, -0.05) is 13.8 Å². The van der Waals surface area contributed by atoms with Crippen molar-refractivity contribution in [1.29, 1.82) is 0 Å². The Morgan fingerprint density at radius 1 is 1.30 bits per heavy atom. The van der Waals surface area contributed by atoms with Crippen molar-refractivity contribution in [3.8, 4) is 0 Å². The molecule has 0 rings (SSSR count). The van der Waals surface area contributed by atoms with Gasteiger partial charge >= 0.3 is 0 Å². The predicted molar refractivity (Wildman–Crippen MR) is 78.6 cm³/mol. The minimum atomic E-state index is -0.601. The molecule has 2 unspecified atom stereocenters. The Bertz CT molecular complexity index is 249. The average Bonchev–Trinajstić information content (AvgIpc) is 2.36. The van der Waals surface area contributed by atoms with Crippen LogP contribution in [0.15, 0.2) is 0 Å². The van der Waals surface area contributed by atoms with Gasteiger partial charge in [-0.25, -0.2) is 0 Å². The van der Waals surface area contributed by atoms with E-state index >= 15 is 0 Å². The van der Waals surface area contributed by atoms with Crippen LogP contribution in [0.1, 0.15) is 27.2 Å². The minimum absolute atomic E-state index is 0.108. The first-order valence-corrected chi connectivity index (χ1v) is 7.21. The molecule has 6 nitrogen and oxygen atoms in total. The Balaban J connectivity index is 3.53. The van der Waals surface area contributed by atoms with Crippen LogP contribution in [-0.2, 0) is 14.3 Å². The van der Waals surface area contributed by atoms with Crippen LogP contribution in [0.25, 0.3) is 0 Å². The number of carbonyl (C=O) groups is 1. The molecule has 2 atom stereocenters. The zero-order valence-corrected chi connectivity index (χ0v) is 13.1. The van der Waals surface area contributed by atoms with Crippen LogP contribution in [0.2, 0.25) is 0 Å². The van der Waals surface area contributed by atoms with E-state index < -0.39 is 6.10 Å². The van der Waals surface area contributed by atoms with E-state index in [4.69, 9.17) is 9.47 Å². The van der Waals surface area contributed by atoms with Crippen molar-refractivity contribution in [1.82, 2.24) is 10.6 Å². The van der Waals surface area contributed by atoms with E-state index in [0.717, 1.165) is 6.42 Å². The highest BCUT2D eigenvalue weighted by atomic mass is 16.5. The van der Waals surface area contributed by atoms with E-state index in [9.17, 15) is 9.90 Å². The number of rotatable bonds is 12. The average molecular weight is 290 g/mol. The van der Waals surface area contributed by atoms with Crippen LogP contribution in [0.4, 0.5) is 0 Å². The van der Waals surface area contributed by atoms with Crippen LogP contribution in [0.5, 0.6) is 0 Å². The fourth-order valence-electron chi connectivity index (χ4n) is 1.77. The summed E-state index contributed by atoms with van der Waals surface area (Å²) in [5.74, 6) is 0.472. The van der Waals surface area contributed by atoms with Gasteiger partial charge < -0.3 is 25.2 Å². The number of carbonyl (C=O) groups excluding carboxylic acids is 1. The maximum Gasteiger partial charge on any atom is 0.234 e. The smallest absolute Gasteiger partial charge is 0.234 e. The first-order chi connectivity index (χ1) is 9.45. The molecular weight excluding hydrogens is 260 g/mol. The van der Waals surface area contributed by atoms with E-state index in [1.54, 1.807) is 7.11 Å². The second kappa shape index (κ2) is 12.1. The third-order valence-corrected chi connectivity index (χ3v) is 2.67. The van der Waals surface area contributed by atoms with Gasteiger partial charge in [-0.05, 0) is 19.3 Å². The summed E-state index contributed by atoms with van der Waals surface area (Å²) in [5.41, 5.74) is 0. The van der Waals surface area contributed by atoms with Gasteiger partial charge in [0.25, 0.3) is 0 Å². The molecule has 1 amide bonds. The molecule has 6 heteroatoms. The molecule has 0 aromatic carbocycles. The molecule has 0 aromatic heterocycles. The summed E-state index contributed by atoms with van der Waals surface area (Å²) in [6.45, 7) is 8.08. The van der Waals surface area contributed by atoms with Gasteiger partial charge in [0.15, 0.2) is 0 Å². The highest BCUT2D eigenvalue weighted by Crippen LogP contribution is 2.07. The van der Waals surface area contributed by atoms with Crippen LogP contribution in [-0.4, -0.2) is 63.2 Å². The molecule has 0 aromatic rings. The highest BCUT2D eigenvalue weighted by molar-refractivity contribution is 5.77. The molecule has 0 saturated heterocycles. The third-order valence-electron chi connectivity index (χ3n) is 2.67.